The number of rotatable bonds is 2. The largest absolute Gasteiger partial charge is 0.464 e. The highest BCUT2D eigenvalue weighted by atomic mass is 16.6. The van der Waals surface area contributed by atoms with E-state index in [1.165, 1.54) is 6.92 Å². The van der Waals surface area contributed by atoms with Gasteiger partial charge < -0.3 is 14.2 Å². The van der Waals surface area contributed by atoms with Gasteiger partial charge in [-0.05, 0) is 0 Å². The third-order valence-electron chi connectivity index (χ3n) is 2.45. The third-order valence-corrected chi connectivity index (χ3v) is 2.45. The molecule has 0 spiro atoms. The van der Waals surface area contributed by atoms with Gasteiger partial charge in [-0.1, -0.05) is 0 Å². The van der Waals surface area contributed by atoms with Gasteiger partial charge in [-0.15, -0.1) is 0 Å². The van der Waals surface area contributed by atoms with E-state index in [1.807, 2.05) is 0 Å². The van der Waals surface area contributed by atoms with E-state index in [2.05, 4.69) is 4.90 Å². The average molecular weight is 187 g/mol. The molecule has 5 heteroatoms. The van der Waals surface area contributed by atoms with Crippen LogP contribution in [0, 0.1) is 0 Å². The van der Waals surface area contributed by atoms with Crippen molar-refractivity contribution in [1.82, 2.24) is 4.90 Å². The number of carbonyl (C=O) groups is 1. The van der Waals surface area contributed by atoms with Gasteiger partial charge in [-0.3, -0.25) is 4.79 Å². The minimum absolute atomic E-state index is 0.217. The molecule has 2 aliphatic rings. The Morgan fingerprint density at radius 2 is 2.08 bits per heavy atom. The Balaban J connectivity index is 1.97. The molecule has 0 bridgehead atoms. The highest BCUT2D eigenvalue weighted by Gasteiger charge is 2.47. The summed E-state index contributed by atoms with van der Waals surface area (Å²) in [5.74, 6) is -0.256. The first-order chi connectivity index (χ1) is 6.23. The summed E-state index contributed by atoms with van der Waals surface area (Å²) in [6.45, 7) is 4.08. The Hall–Kier alpha value is -0.650. The van der Waals surface area contributed by atoms with Gasteiger partial charge in [0.1, 0.15) is 25.6 Å². The lowest BCUT2D eigenvalue weighted by Gasteiger charge is -2.26. The summed E-state index contributed by atoms with van der Waals surface area (Å²) >= 11 is 0. The van der Waals surface area contributed by atoms with Gasteiger partial charge in [0, 0.05) is 6.92 Å². The summed E-state index contributed by atoms with van der Waals surface area (Å²) < 4.78 is 15.6. The topological polar surface area (TPSA) is 48.0 Å². The molecule has 2 heterocycles. The molecule has 13 heavy (non-hydrogen) atoms. The van der Waals surface area contributed by atoms with Crippen molar-refractivity contribution in [3.63, 3.8) is 0 Å². The van der Waals surface area contributed by atoms with Gasteiger partial charge >= 0.3 is 5.97 Å². The van der Waals surface area contributed by atoms with Crippen LogP contribution in [-0.2, 0) is 19.0 Å². The smallest absolute Gasteiger partial charge is 0.302 e. The summed E-state index contributed by atoms with van der Waals surface area (Å²) in [7, 11) is 0. The molecule has 2 fully saturated rings. The Bertz CT molecular complexity index is 208. The van der Waals surface area contributed by atoms with E-state index in [1.54, 1.807) is 0 Å². The van der Waals surface area contributed by atoms with E-state index in [-0.39, 0.29) is 11.5 Å². The maximum Gasteiger partial charge on any atom is 0.302 e. The Morgan fingerprint density at radius 3 is 2.62 bits per heavy atom. The van der Waals surface area contributed by atoms with E-state index in [0.717, 1.165) is 0 Å². The minimum Gasteiger partial charge on any atom is -0.464 e. The molecule has 0 aromatic heterocycles. The van der Waals surface area contributed by atoms with Crippen LogP contribution in [0.15, 0.2) is 0 Å². The zero-order valence-electron chi connectivity index (χ0n) is 7.62. The lowest BCUT2D eigenvalue weighted by Crippen LogP contribution is -2.47. The number of hydrogen-bond acceptors (Lipinski definition) is 5. The lowest BCUT2D eigenvalue weighted by molar-refractivity contribution is -0.144. The molecule has 0 aromatic carbocycles. The van der Waals surface area contributed by atoms with Gasteiger partial charge in [-0.25, -0.2) is 4.90 Å². The fourth-order valence-corrected chi connectivity index (χ4v) is 1.64. The maximum absolute atomic E-state index is 10.7. The van der Waals surface area contributed by atoms with Crippen LogP contribution >= 0.6 is 0 Å². The van der Waals surface area contributed by atoms with Crippen LogP contribution in [0.1, 0.15) is 6.92 Å². The van der Waals surface area contributed by atoms with Gasteiger partial charge in [0.15, 0.2) is 0 Å². The normalized spacial score (nSPS) is 25.9. The SMILES string of the molecule is CC(=O)OCC12COCN1COC2. The van der Waals surface area contributed by atoms with E-state index in [9.17, 15) is 4.79 Å². The summed E-state index contributed by atoms with van der Waals surface area (Å²) in [6, 6.07) is 0. The summed E-state index contributed by atoms with van der Waals surface area (Å²) in [5, 5.41) is 0. The number of ether oxygens (including phenoxy) is 3. The second-order valence-corrected chi connectivity index (χ2v) is 3.50. The molecule has 74 valence electrons. The minimum atomic E-state index is -0.256. The fourth-order valence-electron chi connectivity index (χ4n) is 1.64. The van der Waals surface area contributed by atoms with Crippen LogP contribution in [0.2, 0.25) is 0 Å². The molecule has 0 radical (unpaired) electrons. The van der Waals surface area contributed by atoms with Crippen molar-refractivity contribution >= 4 is 5.97 Å². The first-order valence-electron chi connectivity index (χ1n) is 4.27. The molecule has 2 saturated heterocycles. The van der Waals surface area contributed by atoms with Crippen LogP contribution in [0.25, 0.3) is 0 Å². The molecule has 0 unspecified atom stereocenters. The predicted molar refractivity (Wildman–Crippen MR) is 42.8 cm³/mol. The molecule has 0 aliphatic carbocycles. The van der Waals surface area contributed by atoms with Crippen LogP contribution in [0.3, 0.4) is 0 Å². The maximum atomic E-state index is 10.7. The molecular weight excluding hydrogens is 174 g/mol. The monoisotopic (exact) mass is 187 g/mol. The van der Waals surface area contributed by atoms with Crippen molar-refractivity contribution in [2.75, 3.05) is 33.3 Å². The summed E-state index contributed by atoms with van der Waals surface area (Å²) in [5.41, 5.74) is -0.217. The molecule has 0 aromatic rings. The van der Waals surface area contributed by atoms with Crippen LogP contribution in [-0.4, -0.2) is 49.7 Å². The van der Waals surface area contributed by atoms with E-state index in [4.69, 9.17) is 14.2 Å². The van der Waals surface area contributed by atoms with Crippen LogP contribution in [0.5, 0.6) is 0 Å². The number of carbonyl (C=O) groups excluding carboxylic acids is 1. The van der Waals surface area contributed by atoms with Crippen molar-refractivity contribution in [2.45, 2.75) is 12.5 Å². The Morgan fingerprint density at radius 1 is 1.46 bits per heavy atom. The highest BCUT2D eigenvalue weighted by molar-refractivity contribution is 5.66. The third kappa shape index (κ3) is 1.54. The molecule has 0 atom stereocenters. The zero-order valence-corrected chi connectivity index (χ0v) is 7.62. The summed E-state index contributed by atoms with van der Waals surface area (Å²) in [6.07, 6.45) is 0. The molecular formula is C8H13NO4. The molecule has 0 amide bonds. The van der Waals surface area contributed by atoms with Crippen LogP contribution in [0.4, 0.5) is 0 Å². The highest BCUT2D eigenvalue weighted by Crippen LogP contribution is 2.28. The Labute approximate surface area is 76.5 Å². The van der Waals surface area contributed by atoms with Gasteiger partial charge in [0.2, 0.25) is 0 Å². The average Bonchev–Trinajstić information content (AvgIpc) is 2.57. The first-order valence-corrected chi connectivity index (χ1v) is 4.27. The van der Waals surface area contributed by atoms with Crippen molar-refractivity contribution in [3.05, 3.63) is 0 Å². The molecule has 0 N–H and O–H groups in total. The first kappa shape index (κ1) is 8.93. The lowest BCUT2D eigenvalue weighted by atomic mass is 10.0. The van der Waals surface area contributed by atoms with Crippen molar-refractivity contribution in [3.8, 4) is 0 Å². The van der Waals surface area contributed by atoms with Crippen molar-refractivity contribution in [2.24, 2.45) is 0 Å². The second-order valence-electron chi connectivity index (χ2n) is 3.50. The van der Waals surface area contributed by atoms with Crippen molar-refractivity contribution < 1.29 is 19.0 Å². The molecule has 0 saturated carbocycles. The standard InChI is InChI=1S/C8H13NO4/c1-7(10)13-4-8-2-11-5-9(8)6-12-3-8/h2-6H2,1H3. The Kier molecular flexibility index (Phi) is 2.23. The van der Waals surface area contributed by atoms with E-state index >= 15 is 0 Å². The fraction of sp³-hybridized carbons (Fsp3) is 0.875. The number of fused-ring (bicyclic) bond motifs is 1. The molecule has 5 nitrogen and oxygen atoms in total. The van der Waals surface area contributed by atoms with Gasteiger partial charge in [0.25, 0.3) is 0 Å². The number of nitrogens with zero attached hydrogens (tertiary/aromatic N) is 1. The van der Waals surface area contributed by atoms with E-state index in [0.29, 0.717) is 33.3 Å². The van der Waals surface area contributed by atoms with Gasteiger partial charge in [0.05, 0.1) is 13.2 Å². The molecule has 2 aliphatic heterocycles. The quantitative estimate of drug-likeness (QED) is 0.549. The number of hydrogen-bond donors (Lipinski definition) is 0. The van der Waals surface area contributed by atoms with Crippen molar-refractivity contribution in [1.29, 1.82) is 0 Å². The second kappa shape index (κ2) is 3.25. The van der Waals surface area contributed by atoms with E-state index < -0.39 is 0 Å². The predicted octanol–water partition coefficient (Wildman–Crippen LogP) is -0.434. The zero-order chi connectivity index (χ0) is 9.31. The number of esters is 1. The van der Waals surface area contributed by atoms with Gasteiger partial charge in [-0.2, -0.15) is 0 Å². The molecule has 2 rings (SSSR count). The van der Waals surface area contributed by atoms with Crippen LogP contribution < -0.4 is 0 Å². The summed E-state index contributed by atoms with van der Waals surface area (Å²) in [4.78, 5) is 12.7.